The number of carbonyl (C=O) groups is 1. The molecular weight excluding hydrogens is 758 g/mol. The largest absolute Gasteiger partial charge is 0.495 e. The van der Waals surface area contributed by atoms with Gasteiger partial charge in [0, 0.05) is 29.0 Å². The van der Waals surface area contributed by atoms with Gasteiger partial charge in [-0.3, -0.25) is 9.05 Å². The van der Waals surface area contributed by atoms with Gasteiger partial charge in [0.2, 0.25) is 16.3 Å². The summed E-state index contributed by atoms with van der Waals surface area (Å²) < 4.78 is 123. The predicted octanol–water partition coefficient (Wildman–Crippen LogP) is 7.38. The number of aromatic nitrogens is 2. The zero-order valence-corrected chi connectivity index (χ0v) is 31.2. The lowest BCUT2D eigenvalue weighted by Gasteiger charge is -2.33. The van der Waals surface area contributed by atoms with Crippen LogP contribution in [0.2, 0.25) is 5.02 Å². The summed E-state index contributed by atoms with van der Waals surface area (Å²) in [5, 5.41) is 0.647. The Morgan fingerprint density at radius 2 is 1.69 bits per heavy atom. The summed E-state index contributed by atoms with van der Waals surface area (Å²) in [6, 6.07) is 12.3. The lowest BCUT2D eigenvalue weighted by molar-refractivity contribution is -0.917. The Balaban J connectivity index is 1.63. The third kappa shape index (κ3) is 9.23. The minimum Gasteiger partial charge on any atom is -0.495 e. The van der Waals surface area contributed by atoms with Crippen LogP contribution < -0.4 is 9.46 Å². The van der Waals surface area contributed by atoms with E-state index >= 15 is 8.78 Å². The van der Waals surface area contributed by atoms with Crippen molar-refractivity contribution in [3.05, 3.63) is 100 Å². The molecule has 4 rings (SSSR count). The molecule has 0 fully saturated rings. The Labute approximate surface area is 306 Å². The summed E-state index contributed by atoms with van der Waals surface area (Å²) in [4.78, 5) is 15.0. The molecule has 0 spiro atoms. The molecule has 52 heavy (non-hydrogen) atoms. The number of hydrogen-bond donors (Lipinski definition) is 1. The Hall–Kier alpha value is -3.77. The average molecular weight is 794 g/mol. The zero-order chi connectivity index (χ0) is 38.8. The van der Waals surface area contributed by atoms with Crippen molar-refractivity contribution >= 4 is 39.4 Å². The van der Waals surface area contributed by atoms with Crippen LogP contribution >= 0.6 is 23.4 Å². The fourth-order valence-corrected chi connectivity index (χ4v) is 7.50. The maximum Gasteiger partial charge on any atom is 0.491 e. The molecule has 0 radical (unpaired) electrons. The second kappa shape index (κ2) is 15.7. The molecule has 0 aliphatic heterocycles. The summed E-state index contributed by atoms with van der Waals surface area (Å²) in [6.07, 6.45) is -5.51. The van der Waals surface area contributed by atoms with E-state index in [0.29, 0.717) is 22.2 Å². The molecule has 0 saturated carbocycles. The van der Waals surface area contributed by atoms with Gasteiger partial charge in [-0.15, -0.1) is 0 Å². The molecule has 0 saturated heterocycles. The van der Waals surface area contributed by atoms with Crippen molar-refractivity contribution in [1.82, 2.24) is 14.3 Å². The first-order valence-corrected chi connectivity index (χ1v) is 18.3. The fraction of sp³-hybridized carbons (Fsp3) is 0.353. The van der Waals surface area contributed by atoms with Crippen LogP contribution in [0.4, 0.5) is 26.3 Å². The highest BCUT2D eigenvalue weighted by Crippen LogP contribution is 2.39. The summed E-state index contributed by atoms with van der Waals surface area (Å²) in [5.41, 5.74) is 0.514. The molecule has 0 amide bonds. The smallest absolute Gasteiger partial charge is 0.491 e. The van der Waals surface area contributed by atoms with Crippen molar-refractivity contribution in [3.8, 4) is 11.4 Å². The number of sulfonamides is 1. The number of alkyl halides is 3. The average Bonchev–Trinajstić information content (AvgIpc) is 3.48. The number of benzene rings is 3. The molecular formula is C34H36ClF6N4O5S2+. The van der Waals surface area contributed by atoms with Gasteiger partial charge in [0.1, 0.15) is 28.1 Å². The first-order valence-electron chi connectivity index (χ1n) is 15.4. The molecule has 0 aliphatic carbocycles. The lowest BCUT2D eigenvalue weighted by Crippen LogP contribution is -2.50. The number of esters is 1. The van der Waals surface area contributed by atoms with Crippen LogP contribution in [-0.2, 0) is 30.7 Å². The number of hydrogen-bond acceptors (Lipinski definition) is 7. The molecule has 1 unspecified atom stereocenters. The van der Waals surface area contributed by atoms with Gasteiger partial charge in [-0.1, -0.05) is 43.3 Å². The van der Waals surface area contributed by atoms with Gasteiger partial charge in [0.25, 0.3) is 0 Å². The molecule has 282 valence electrons. The van der Waals surface area contributed by atoms with Gasteiger partial charge in [0.05, 0.1) is 51.6 Å². The first kappa shape index (κ1) is 41.0. The van der Waals surface area contributed by atoms with Gasteiger partial charge >= 0.3 is 12.1 Å². The second-order valence-corrected chi connectivity index (χ2v) is 16.1. The van der Waals surface area contributed by atoms with Crippen LogP contribution in [0.5, 0.6) is 5.75 Å². The normalized spacial score (nSPS) is 13.2. The Morgan fingerprint density at radius 3 is 2.29 bits per heavy atom. The number of quaternary nitrogens is 1. The molecule has 1 aromatic heterocycles. The summed E-state index contributed by atoms with van der Waals surface area (Å²) in [5.74, 6) is -5.36. The number of rotatable bonds is 14. The molecule has 0 aliphatic rings. The monoisotopic (exact) mass is 793 g/mol. The van der Waals surface area contributed by atoms with Crippen LogP contribution in [0.1, 0.15) is 37.1 Å². The minimum absolute atomic E-state index is 0.251. The van der Waals surface area contributed by atoms with Crippen LogP contribution in [0.25, 0.3) is 5.69 Å². The van der Waals surface area contributed by atoms with Crippen LogP contribution in [0, 0.1) is 17.5 Å². The molecule has 4 aromatic rings. The Bertz CT molecular complexity index is 2040. The minimum atomic E-state index is -5.27. The van der Waals surface area contributed by atoms with Crippen molar-refractivity contribution in [2.24, 2.45) is 0 Å². The SMILES string of the molecule is COc1cc(C(C)(C)c2cnc(SCc3c(F)ccc(S(=O)(=O)NCCC(OC(=O)C(F)(F)F)[N+](C)(C)C)c3F)n2-c2ccc(F)cc2)ccc1Cl. The molecule has 9 nitrogen and oxygen atoms in total. The standard InChI is InChI=1S/C34H36ClF6N4O5S2/c1-33(2,20-7-12-24(35)26(17-20)49-6)28-18-42-32(44(28)22-10-8-21(36)9-11-22)51-19-23-25(37)13-14-27(30(23)38)52(47,48)43-16-15-29(45(3,4)5)50-31(46)34(39,40)41/h7-14,17-18,29,43H,15-16,19H2,1-6H3/q+1. The van der Waals surface area contributed by atoms with E-state index < -0.39 is 80.4 Å². The van der Waals surface area contributed by atoms with Crippen LogP contribution in [0.3, 0.4) is 0 Å². The summed E-state index contributed by atoms with van der Waals surface area (Å²) in [7, 11) is 1.12. The number of ether oxygens (including phenoxy) is 2. The molecule has 1 N–H and O–H groups in total. The van der Waals surface area contributed by atoms with Gasteiger partial charge in [-0.05, 0) is 54.1 Å². The van der Waals surface area contributed by atoms with Crippen molar-refractivity contribution in [2.75, 3.05) is 34.8 Å². The van der Waals surface area contributed by atoms with Crippen molar-refractivity contribution in [2.45, 2.75) is 53.9 Å². The maximum absolute atomic E-state index is 15.8. The third-order valence-corrected chi connectivity index (χ3v) is 10.9. The number of imidazole rings is 1. The number of halogens is 7. The van der Waals surface area contributed by atoms with Gasteiger partial charge in [-0.25, -0.2) is 36.1 Å². The van der Waals surface area contributed by atoms with E-state index in [0.717, 1.165) is 29.5 Å². The van der Waals surface area contributed by atoms with Crippen LogP contribution in [0.15, 0.2) is 70.8 Å². The number of carbonyl (C=O) groups excluding carboxylic acids is 1. The molecule has 3 aromatic carbocycles. The highest BCUT2D eigenvalue weighted by molar-refractivity contribution is 7.98. The van der Waals surface area contributed by atoms with Gasteiger partial charge < -0.3 is 9.47 Å². The predicted molar refractivity (Wildman–Crippen MR) is 183 cm³/mol. The van der Waals surface area contributed by atoms with E-state index in [1.54, 1.807) is 22.9 Å². The van der Waals surface area contributed by atoms with E-state index in [4.69, 9.17) is 16.3 Å². The Kier molecular flexibility index (Phi) is 12.4. The quantitative estimate of drug-likeness (QED) is 0.0468. The van der Waals surface area contributed by atoms with Crippen molar-refractivity contribution in [1.29, 1.82) is 0 Å². The number of methoxy groups -OCH3 is 1. The zero-order valence-electron chi connectivity index (χ0n) is 28.8. The molecule has 18 heteroatoms. The number of nitrogens with zero attached hydrogens (tertiary/aromatic N) is 3. The molecule has 1 atom stereocenters. The molecule has 1 heterocycles. The highest BCUT2D eigenvalue weighted by Gasteiger charge is 2.44. The summed E-state index contributed by atoms with van der Waals surface area (Å²) in [6.45, 7) is 3.28. The number of nitrogens with one attached hydrogen (secondary N) is 1. The van der Waals surface area contributed by atoms with E-state index in [-0.39, 0.29) is 9.64 Å². The van der Waals surface area contributed by atoms with E-state index in [1.165, 1.54) is 52.5 Å². The summed E-state index contributed by atoms with van der Waals surface area (Å²) >= 11 is 7.15. The van der Waals surface area contributed by atoms with Gasteiger partial charge in [-0.2, -0.15) is 13.2 Å². The second-order valence-electron chi connectivity index (χ2n) is 13.0. The first-order chi connectivity index (χ1) is 24.1. The number of thioether (sulfide) groups is 1. The van der Waals surface area contributed by atoms with E-state index in [2.05, 4.69) is 14.4 Å². The van der Waals surface area contributed by atoms with Crippen molar-refractivity contribution in [3.63, 3.8) is 0 Å². The lowest BCUT2D eigenvalue weighted by atomic mass is 9.81. The van der Waals surface area contributed by atoms with E-state index in [9.17, 15) is 30.8 Å². The molecule has 0 bridgehead atoms. The topological polar surface area (TPSA) is 99.5 Å². The Morgan fingerprint density at radius 1 is 1.04 bits per heavy atom. The van der Waals surface area contributed by atoms with Crippen LogP contribution in [-0.4, -0.2) is 75.6 Å². The van der Waals surface area contributed by atoms with Gasteiger partial charge in [0.15, 0.2) is 5.16 Å². The van der Waals surface area contributed by atoms with E-state index in [1.807, 2.05) is 19.9 Å². The highest BCUT2D eigenvalue weighted by atomic mass is 35.5. The van der Waals surface area contributed by atoms with Crippen molar-refractivity contribution < 1.29 is 53.5 Å². The fourth-order valence-electron chi connectivity index (χ4n) is 5.16. The maximum atomic E-state index is 15.8. The third-order valence-electron chi connectivity index (χ3n) is 8.14.